The van der Waals surface area contributed by atoms with Crippen molar-refractivity contribution in [2.75, 3.05) is 67.3 Å². The summed E-state index contributed by atoms with van der Waals surface area (Å²) in [5.74, 6) is -5.52. The minimum atomic E-state index is -2.81. The molecular weight excluding hydrogens is 608 g/mol. The number of phenols is 1. The molecule has 47 heavy (non-hydrogen) atoms. The highest BCUT2D eigenvalue weighted by molar-refractivity contribution is 6.33. The molecule has 1 saturated carbocycles. The Morgan fingerprint density at radius 3 is 2.32 bits per heavy atom. The zero-order chi connectivity index (χ0) is 34.7. The summed E-state index contributed by atoms with van der Waals surface area (Å²) in [6, 6.07) is 4.20. The molecule has 3 aliphatic carbocycles. The predicted molar refractivity (Wildman–Crippen MR) is 174 cm³/mol. The van der Waals surface area contributed by atoms with Crippen molar-refractivity contribution in [3.63, 3.8) is 0 Å². The van der Waals surface area contributed by atoms with Gasteiger partial charge in [-0.05, 0) is 82.9 Å². The zero-order valence-corrected chi connectivity index (χ0v) is 27.7. The lowest BCUT2D eigenvalue weighted by molar-refractivity contribution is -0.161. The summed E-state index contributed by atoms with van der Waals surface area (Å²) in [6.45, 7) is 2.20. The van der Waals surface area contributed by atoms with Crippen LogP contribution in [0.25, 0.3) is 17.1 Å². The number of amides is 1. The minimum absolute atomic E-state index is 0.0118. The number of anilines is 1. The molecule has 0 bridgehead atoms. The number of nitrogens with zero attached hydrogens (tertiary/aromatic N) is 5. The summed E-state index contributed by atoms with van der Waals surface area (Å²) in [6.07, 6.45) is 0.151. The van der Waals surface area contributed by atoms with Crippen LogP contribution in [0.3, 0.4) is 0 Å². The van der Waals surface area contributed by atoms with E-state index >= 15 is 0 Å². The van der Waals surface area contributed by atoms with Crippen LogP contribution in [0, 0.1) is 16.7 Å². The van der Waals surface area contributed by atoms with Gasteiger partial charge in [0.15, 0.2) is 5.60 Å². The maximum Gasteiger partial charge on any atom is 0.254 e. The first-order valence-corrected chi connectivity index (χ1v) is 15.3. The van der Waals surface area contributed by atoms with Crippen LogP contribution in [0.5, 0.6) is 5.75 Å². The predicted octanol–water partition coefficient (Wildman–Crippen LogP) is 1.49. The van der Waals surface area contributed by atoms with Gasteiger partial charge in [0.1, 0.15) is 34.3 Å². The number of hydrogen-bond donors (Lipinski definition) is 4. The third-order valence-electron chi connectivity index (χ3n) is 9.56. The van der Waals surface area contributed by atoms with E-state index < -0.39 is 58.0 Å². The number of aliphatic hydroxyl groups excluding tert-OH is 1. The third-order valence-corrected chi connectivity index (χ3v) is 9.56. The molecule has 0 unspecified atom stereocenters. The van der Waals surface area contributed by atoms with Crippen LogP contribution in [0.2, 0.25) is 0 Å². The number of hydrogen-bond acceptors (Lipinski definition) is 13. The Labute approximate surface area is 272 Å². The van der Waals surface area contributed by atoms with Crippen molar-refractivity contribution in [2.45, 2.75) is 31.0 Å². The van der Waals surface area contributed by atoms with Crippen molar-refractivity contribution < 1.29 is 34.1 Å². The number of carbonyl (C=O) groups excluding carboxylic acids is 3. The van der Waals surface area contributed by atoms with Crippen molar-refractivity contribution in [1.82, 2.24) is 14.7 Å². The van der Waals surface area contributed by atoms with E-state index in [9.17, 15) is 34.6 Å². The SMILES string of the molecule is CN(C)CCN(C)Cc1ccc(-c2cc(N(C)C)c3c(c2O)C(O)=C2C(=O)[C@]4(O)C(=O)C(C(N)=O)=C(N=O)[C@@H](N(C)C)[C@@H]4C[C@@H]2C3)o1. The summed E-state index contributed by atoms with van der Waals surface area (Å²) >= 11 is 0. The first-order valence-electron chi connectivity index (χ1n) is 15.3. The number of furan rings is 1. The van der Waals surface area contributed by atoms with Gasteiger partial charge >= 0.3 is 0 Å². The van der Waals surface area contributed by atoms with Crippen LogP contribution in [0.4, 0.5) is 5.69 Å². The summed E-state index contributed by atoms with van der Waals surface area (Å²) in [7, 11) is 12.7. The molecule has 1 fully saturated rings. The van der Waals surface area contributed by atoms with Gasteiger partial charge < -0.3 is 40.2 Å². The summed E-state index contributed by atoms with van der Waals surface area (Å²) in [5, 5.41) is 38.3. The fourth-order valence-electron chi connectivity index (χ4n) is 7.31. The number of likely N-dealkylation sites (N-methyl/N-ethyl adjacent to an activating group) is 3. The number of aliphatic hydroxyl groups is 2. The lowest BCUT2D eigenvalue weighted by Gasteiger charge is -2.50. The van der Waals surface area contributed by atoms with E-state index in [2.05, 4.69) is 15.0 Å². The van der Waals surface area contributed by atoms with Gasteiger partial charge in [-0.25, -0.2) is 0 Å². The first kappa shape index (κ1) is 34.0. The van der Waals surface area contributed by atoms with Crippen molar-refractivity contribution >= 4 is 28.9 Å². The number of primary amides is 1. The highest BCUT2D eigenvalue weighted by atomic mass is 16.3. The molecule has 1 aromatic carbocycles. The number of carbonyl (C=O) groups is 3. The molecule has 0 radical (unpaired) electrons. The van der Waals surface area contributed by atoms with Crippen molar-refractivity contribution in [3.8, 4) is 17.1 Å². The molecule has 4 atom stereocenters. The number of Topliss-reactive ketones (excluding diaryl/α,β-unsaturated/α-hetero) is 2. The molecule has 0 saturated heterocycles. The second kappa shape index (κ2) is 12.3. The standard InChI is InChI=1S/C33H42N6O8/c1-36(2)10-11-39(7)15-17-8-9-22(47-17)19-14-21(37(3)4)18-12-16-13-20-27(38(5)6)26(35-46)25(32(34)44)31(43)33(20,45)30(42)23(16)29(41)24(18)28(19)40/h8-9,14,16,20,27,40-41,45H,10-13,15H2,1-7H3,(H2,34,44)/t16-,20-,27-,33-/m0/s1. The van der Waals surface area contributed by atoms with Gasteiger partial charge in [0.25, 0.3) is 5.91 Å². The molecule has 2 aromatic rings. The molecule has 14 heteroatoms. The Kier molecular flexibility index (Phi) is 8.92. The van der Waals surface area contributed by atoms with E-state index in [1.54, 1.807) is 26.2 Å². The van der Waals surface area contributed by atoms with E-state index in [1.165, 1.54) is 4.90 Å². The van der Waals surface area contributed by atoms with E-state index in [0.29, 0.717) is 29.3 Å². The first-order chi connectivity index (χ1) is 22.0. The highest BCUT2D eigenvalue weighted by Crippen LogP contribution is 2.54. The zero-order valence-electron chi connectivity index (χ0n) is 27.7. The van der Waals surface area contributed by atoms with Gasteiger partial charge in [-0.3, -0.25) is 19.3 Å². The van der Waals surface area contributed by atoms with Crippen molar-refractivity contribution in [3.05, 3.63) is 56.8 Å². The van der Waals surface area contributed by atoms with E-state index in [0.717, 1.165) is 13.1 Å². The fraction of sp³-hybridized carbons (Fsp3) is 0.485. The quantitative estimate of drug-likeness (QED) is 0.165. The van der Waals surface area contributed by atoms with Crippen LogP contribution < -0.4 is 10.6 Å². The smallest absolute Gasteiger partial charge is 0.254 e. The lowest BCUT2D eigenvalue weighted by Crippen LogP contribution is -2.67. The minimum Gasteiger partial charge on any atom is -0.507 e. The number of phenolic OH excluding ortho intramolecular Hbond substituents is 1. The molecule has 0 spiro atoms. The molecule has 0 aliphatic heterocycles. The second-order valence-electron chi connectivity index (χ2n) is 13.4. The molecule has 5 rings (SSSR count). The van der Waals surface area contributed by atoms with Gasteiger partial charge in [-0.2, -0.15) is 0 Å². The number of nitrogens with two attached hydrogens (primary N) is 1. The lowest BCUT2D eigenvalue weighted by atomic mass is 9.56. The second-order valence-corrected chi connectivity index (χ2v) is 13.4. The molecule has 1 amide bonds. The number of rotatable bonds is 10. The Balaban J connectivity index is 1.63. The topological polar surface area (TPSA) is 193 Å². The van der Waals surface area contributed by atoms with Gasteiger partial charge in [0, 0.05) is 44.4 Å². The molecular formula is C33H42N6O8. The Hall–Kier alpha value is -4.37. The number of ketones is 2. The number of fused-ring (bicyclic) bond motifs is 3. The number of aromatic hydroxyl groups is 1. The van der Waals surface area contributed by atoms with Gasteiger partial charge in [0.2, 0.25) is 11.6 Å². The summed E-state index contributed by atoms with van der Waals surface area (Å²) < 4.78 is 6.14. The fourth-order valence-corrected chi connectivity index (χ4v) is 7.31. The van der Waals surface area contributed by atoms with Crippen molar-refractivity contribution in [1.29, 1.82) is 0 Å². The van der Waals surface area contributed by atoms with Crippen LogP contribution in [-0.4, -0.2) is 122 Å². The average molecular weight is 651 g/mol. The van der Waals surface area contributed by atoms with Crippen LogP contribution in [0.15, 0.2) is 44.6 Å². The monoisotopic (exact) mass is 650 g/mol. The maximum absolute atomic E-state index is 14.3. The van der Waals surface area contributed by atoms with Crippen molar-refractivity contribution in [2.24, 2.45) is 22.7 Å². The molecule has 1 aromatic heterocycles. The number of nitroso groups, excluding NO2 is 1. The van der Waals surface area contributed by atoms with Crippen LogP contribution in [-0.2, 0) is 27.3 Å². The van der Waals surface area contributed by atoms with Gasteiger partial charge in [0.05, 0.1) is 23.7 Å². The molecule has 3 aliphatic rings. The highest BCUT2D eigenvalue weighted by Gasteiger charge is 2.65. The number of benzene rings is 1. The molecule has 5 N–H and O–H groups in total. The normalized spacial score (nSPS) is 24.2. The van der Waals surface area contributed by atoms with E-state index in [1.807, 2.05) is 46.2 Å². The van der Waals surface area contributed by atoms with Crippen LogP contribution in [0.1, 0.15) is 23.3 Å². The summed E-state index contributed by atoms with van der Waals surface area (Å²) in [5.41, 5.74) is 2.60. The van der Waals surface area contributed by atoms with E-state index in [4.69, 9.17) is 10.2 Å². The molecule has 14 nitrogen and oxygen atoms in total. The average Bonchev–Trinajstić information content (AvgIpc) is 3.44. The Morgan fingerprint density at radius 1 is 1.06 bits per heavy atom. The third kappa shape index (κ3) is 5.44. The van der Waals surface area contributed by atoms with Gasteiger partial charge in [-0.1, -0.05) is 0 Å². The van der Waals surface area contributed by atoms with E-state index in [-0.39, 0.29) is 35.3 Å². The van der Waals surface area contributed by atoms with Gasteiger partial charge in [-0.15, -0.1) is 4.91 Å². The van der Waals surface area contributed by atoms with Crippen LogP contribution >= 0.6 is 0 Å². The maximum atomic E-state index is 14.3. The summed E-state index contributed by atoms with van der Waals surface area (Å²) in [4.78, 5) is 59.8. The molecule has 1 heterocycles. The Morgan fingerprint density at radius 2 is 1.74 bits per heavy atom. The Bertz CT molecular complexity index is 1720. The largest absolute Gasteiger partial charge is 0.507 e. The molecule has 252 valence electrons.